The molecule has 1 aliphatic rings. The third kappa shape index (κ3) is 4.95. The van der Waals surface area contributed by atoms with Gasteiger partial charge in [-0.1, -0.05) is 53.5 Å². The maximum atomic E-state index is 6.36. The first-order valence-corrected chi connectivity index (χ1v) is 9.52. The van der Waals surface area contributed by atoms with E-state index in [1.54, 1.807) is 0 Å². The molecule has 4 rings (SSSR count). The zero-order valence-corrected chi connectivity index (χ0v) is 16.7. The van der Waals surface area contributed by atoms with Crippen LogP contribution in [0.5, 0.6) is 0 Å². The first kappa shape index (κ1) is 19.6. The van der Waals surface area contributed by atoms with Crippen LogP contribution in [0, 0.1) is 0 Å². The highest BCUT2D eigenvalue weighted by Crippen LogP contribution is 2.38. The highest BCUT2D eigenvalue weighted by atomic mass is 35.5. The van der Waals surface area contributed by atoms with Crippen molar-refractivity contribution in [3.63, 3.8) is 0 Å². The first-order chi connectivity index (χ1) is 12.9. The van der Waals surface area contributed by atoms with Gasteiger partial charge < -0.3 is 16.4 Å². The van der Waals surface area contributed by atoms with Crippen LogP contribution < -0.4 is 11.5 Å². The second kappa shape index (κ2) is 8.66. The normalized spacial score (nSPS) is 16.2. The van der Waals surface area contributed by atoms with Crippen LogP contribution in [0.15, 0.2) is 66.7 Å². The monoisotopic (exact) mass is 399 g/mol. The lowest BCUT2D eigenvalue weighted by Gasteiger charge is -2.33. The van der Waals surface area contributed by atoms with Crippen molar-refractivity contribution < 1.29 is 0 Å². The molecule has 140 valence electrons. The second-order valence-corrected chi connectivity index (χ2v) is 7.63. The number of hydrogen-bond acceptors (Lipinski definition) is 3. The summed E-state index contributed by atoms with van der Waals surface area (Å²) in [6, 6.07) is 21.4. The Morgan fingerprint density at radius 3 is 2.22 bits per heavy atom. The Hall–Kier alpha value is -2.20. The summed E-state index contributed by atoms with van der Waals surface area (Å²) in [7, 11) is 2.10. The Bertz CT molecular complexity index is 913. The summed E-state index contributed by atoms with van der Waals surface area (Å²) in [5.41, 5.74) is 16.5. The number of nitrogen functional groups attached to an aromatic ring is 2. The van der Waals surface area contributed by atoms with Crippen molar-refractivity contribution in [2.75, 3.05) is 25.1 Å². The predicted molar refractivity (Wildman–Crippen MR) is 116 cm³/mol. The molecule has 0 saturated heterocycles. The van der Waals surface area contributed by atoms with Crippen molar-refractivity contribution in [2.45, 2.75) is 12.5 Å². The molecule has 1 atom stereocenters. The zero-order chi connectivity index (χ0) is 19.4. The molecule has 1 aliphatic heterocycles. The van der Waals surface area contributed by atoms with Crippen LogP contribution in [0.25, 0.3) is 0 Å². The molecule has 27 heavy (non-hydrogen) atoms. The Kier molecular flexibility index (Phi) is 6.27. The molecule has 3 nitrogen and oxygen atoms in total. The number of hydrogen-bond donors (Lipinski definition) is 2. The second-order valence-electron chi connectivity index (χ2n) is 6.79. The van der Waals surface area contributed by atoms with E-state index in [9.17, 15) is 0 Å². The van der Waals surface area contributed by atoms with Gasteiger partial charge in [-0.25, -0.2) is 0 Å². The molecule has 3 aromatic rings. The number of rotatable bonds is 1. The molecular formula is C22H23Cl2N3. The van der Waals surface area contributed by atoms with E-state index in [-0.39, 0.29) is 5.92 Å². The number of fused-ring (bicyclic) bond motifs is 1. The van der Waals surface area contributed by atoms with Gasteiger partial charge in [0.25, 0.3) is 0 Å². The third-order valence-corrected chi connectivity index (χ3v) is 5.16. The molecule has 5 heteroatoms. The van der Waals surface area contributed by atoms with Gasteiger partial charge in [-0.15, -0.1) is 0 Å². The van der Waals surface area contributed by atoms with Crippen molar-refractivity contribution in [3.8, 4) is 0 Å². The zero-order valence-electron chi connectivity index (χ0n) is 15.2. The van der Waals surface area contributed by atoms with Gasteiger partial charge in [-0.05, 0) is 60.1 Å². The molecule has 0 amide bonds. The van der Waals surface area contributed by atoms with Crippen molar-refractivity contribution in [2.24, 2.45) is 0 Å². The highest BCUT2D eigenvalue weighted by molar-refractivity contribution is 6.35. The lowest BCUT2D eigenvalue weighted by molar-refractivity contribution is 0.295. The molecule has 0 saturated carbocycles. The lowest BCUT2D eigenvalue weighted by atomic mass is 9.84. The summed E-state index contributed by atoms with van der Waals surface area (Å²) in [5, 5.41) is 1.43. The van der Waals surface area contributed by atoms with Crippen LogP contribution in [0.3, 0.4) is 0 Å². The average Bonchev–Trinajstić information content (AvgIpc) is 2.63. The fraction of sp³-hybridized carbons (Fsp3) is 0.182. The van der Waals surface area contributed by atoms with E-state index in [0.29, 0.717) is 5.02 Å². The van der Waals surface area contributed by atoms with Crippen molar-refractivity contribution in [1.29, 1.82) is 0 Å². The number of benzene rings is 3. The van der Waals surface area contributed by atoms with E-state index in [1.807, 2.05) is 60.7 Å². The molecule has 0 fully saturated rings. The maximum absolute atomic E-state index is 6.36. The van der Waals surface area contributed by atoms with Gasteiger partial charge in [0.1, 0.15) is 0 Å². The minimum absolute atomic E-state index is 0.253. The van der Waals surface area contributed by atoms with Gasteiger partial charge in [0, 0.05) is 40.4 Å². The van der Waals surface area contributed by atoms with Gasteiger partial charge in [-0.3, -0.25) is 0 Å². The van der Waals surface area contributed by atoms with Crippen LogP contribution >= 0.6 is 23.2 Å². The predicted octanol–water partition coefficient (Wildman–Crippen LogP) is 5.42. The van der Waals surface area contributed by atoms with Crippen molar-refractivity contribution in [3.05, 3.63) is 93.5 Å². The molecule has 4 N–H and O–H groups in total. The highest BCUT2D eigenvalue weighted by Gasteiger charge is 2.27. The molecule has 1 unspecified atom stereocenters. The summed E-state index contributed by atoms with van der Waals surface area (Å²) in [6.45, 7) is 1.79. The Labute approximate surface area is 170 Å². The summed E-state index contributed by atoms with van der Waals surface area (Å²) in [6.07, 6.45) is 0. The Morgan fingerprint density at radius 2 is 1.59 bits per heavy atom. The Morgan fingerprint density at radius 1 is 0.889 bits per heavy atom. The van der Waals surface area contributed by atoms with Gasteiger partial charge in [0.2, 0.25) is 0 Å². The molecule has 0 bridgehead atoms. The molecule has 0 radical (unpaired) electrons. The molecule has 0 spiro atoms. The minimum Gasteiger partial charge on any atom is -0.399 e. The lowest BCUT2D eigenvalue weighted by Crippen LogP contribution is -2.31. The van der Waals surface area contributed by atoms with Crippen LogP contribution in [-0.2, 0) is 6.54 Å². The van der Waals surface area contributed by atoms with Crippen LogP contribution in [0.2, 0.25) is 10.0 Å². The molecule has 0 aromatic heterocycles. The van der Waals surface area contributed by atoms with Gasteiger partial charge in [0.05, 0.1) is 0 Å². The van der Waals surface area contributed by atoms with Crippen LogP contribution in [0.1, 0.15) is 22.6 Å². The van der Waals surface area contributed by atoms with E-state index in [0.717, 1.165) is 35.1 Å². The van der Waals surface area contributed by atoms with E-state index in [4.69, 9.17) is 34.7 Å². The van der Waals surface area contributed by atoms with E-state index >= 15 is 0 Å². The van der Waals surface area contributed by atoms with Crippen molar-refractivity contribution in [1.82, 2.24) is 4.90 Å². The number of nitrogens with zero attached hydrogens (tertiary/aromatic N) is 1. The smallest absolute Gasteiger partial charge is 0.0468 e. The summed E-state index contributed by atoms with van der Waals surface area (Å²) in [4.78, 5) is 2.27. The fourth-order valence-electron chi connectivity index (χ4n) is 3.36. The fourth-order valence-corrected chi connectivity index (χ4v) is 3.93. The van der Waals surface area contributed by atoms with Crippen molar-refractivity contribution >= 4 is 34.6 Å². The van der Waals surface area contributed by atoms with Gasteiger partial charge in [-0.2, -0.15) is 0 Å². The minimum atomic E-state index is 0.253. The topological polar surface area (TPSA) is 55.3 Å². The number of para-hydroxylation sites is 1. The van der Waals surface area contributed by atoms with E-state index in [2.05, 4.69) is 18.0 Å². The van der Waals surface area contributed by atoms with Gasteiger partial charge in [0.15, 0.2) is 0 Å². The first-order valence-electron chi connectivity index (χ1n) is 8.76. The number of likely N-dealkylation sites (N-methyl/N-ethyl adjacent to an activating group) is 1. The average molecular weight is 400 g/mol. The largest absolute Gasteiger partial charge is 0.399 e. The van der Waals surface area contributed by atoms with E-state index in [1.165, 1.54) is 11.1 Å². The van der Waals surface area contributed by atoms with Crippen LogP contribution in [0.4, 0.5) is 11.4 Å². The summed E-state index contributed by atoms with van der Waals surface area (Å²) >= 11 is 12.5. The third-order valence-electron chi connectivity index (χ3n) is 4.61. The molecular weight excluding hydrogens is 377 g/mol. The SMILES string of the molecule is CN1Cc2c(Cl)cc(Cl)cc2C(c2cccc(N)c2)C1.Nc1ccccc1. The standard InChI is InChI=1S/C16H16Cl2N2.C6H7N/c1-20-8-14(10-3-2-4-12(19)5-10)13-6-11(17)7-16(18)15(13)9-20;7-6-4-2-1-3-5-6/h2-7,14H,8-9,19H2,1H3;1-5H,7H2. The number of anilines is 2. The molecule has 1 heterocycles. The number of halogens is 2. The molecule has 0 aliphatic carbocycles. The number of nitrogens with two attached hydrogens (primary N) is 2. The summed E-state index contributed by atoms with van der Waals surface area (Å²) in [5.74, 6) is 0.253. The quantitative estimate of drug-likeness (QED) is 0.536. The van der Waals surface area contributed by atoms with Gasteiger partial charge >= 0.3 is 0 Å². The maximum Gasteiger partial charge on any atom is 0.0468 e. The summed E-state index contributed by atoms with van der Waals surface area (Å²) < 4.78 is 0. The molecule has 3 aromatic carbocycles. The Balaban J connectivity index is 0.000000253. The van der Waals surface area contributed by atoms with Crippen LogP contribution in [-0.4, -0.2) is 18.5 Å². The van der Waals surface area contributed by atoms with E-state index < -0.39 is 0 Å².